The van der Waals surface area contributed by atoms with Crippen molar-refractivity contribution in [1.29, 1.82) is 0 Å². The first-order chi connectivity index (χ1) is 4.74. The largest absolute Gasteiger partial charge is 0.388 e. The smallest absolute Gasteiger partial charge is 0.0797 e. The Bertz CT molecular complexity index is 139. The predicted octanol–water partition coefficient (Wildman–Crippen LogP) is 0.496. The summed E-state index contributed by atoms with van der Waals surface area (Å²) in [6, 6.07) is 0. The van der Waals surface area contributed by atoms with Gasteiger partial charge in [0.05, 0.1) is 5.60 Å². The Labute approximate surface area is 61.4 Å². The lowest BCUT2D eigenvalue weighted by molar-refractivity contribution is -0.112. The van der Waals surface area contributed by atoms with Crippen molar-refractivity contribution in [2.45, 2.75) is 31.3 Å². The van der Waals surface area contributed by atoms with Crippen molar-refractivity contribution in [3.8, 4) is 0 Å². The summed E-state index contributed by atoms with van der Waals surface area (Å²) in [5.74, 6) is 1.47. The molecule has 3 saturated carbocycles. The molecule has 3 aliphatic carbocycles. The van der Waals surface area contributed by atoms with Gasteiger partial charge >= 0.3 is 0 Å². The summed E-state index contributed by atoms with van der Waals surface area (Å²) >= 11 is 0. The van der Waals surface area contributed by atoms with Gasteiger partial charge < -0.3 is 10.8 Å². The van der Waals surface area contributed by atoms with Crippen LogP contribution in [0, 0.1) is 11.8 Å². The van der Waals surface area contributed by atoms with E-state index in [1.54, 1.807) is 0 Å². The van der Waals surface area contributed by atoms with Gasteiger partial charge in [-0.15, -0.1) is 0 Å². The van der Waals surface area contributed by atoms with Crippen LogP contribution in [0.3, 0.4) is 0 Å². The maximum absolute atomic E-state index is 9.86. The Morgan fingerprint density at radius 2 is 2.20 bits per heavy atom. The highest BCUT2D eigenvalue weighted by atomic mass is 16.3. The highest BCUT2D eigenvalue weighted by Gasteiger charge is 2.48. The second kappa shape index (κ2) is 1.95. The molecule has 0 radical (unpaired) electrons. The lowest BCUT2D eigenvalue weighted by Crippen LogP contribution is -2.54. The van der Waals surface area contributed by atoms with E-state index in [0.717, 1.165) is 12.3 Å². The second-order valence-corrected chi connectivity index (χ2v) is 3.88. The van der Waals surface area contributed by atoms with Crippen LogP contribution in [0.25, 0.3) is 0 Å². The van der Waals surface area contributed by atoms with Crippen LogP contribution >= 0.6 is 0 Å². The van der Waals surface area contributed by atoms with Crippen LogP contribution in [0.2, 0.25) is 0 Å². The standard InChI is InChI=1S/C8H15NO/c9-5-8(10)2-1-6-3-7(8)4-6/h6-7,10H,1-5,9H2. The summed E-state index contributed by atoms with van der Waals surface area (Å²) in [6.45, 7) is 0.463. The van der Waals surface area contributed by atoms with E-state index in [1.165, 1.54) is 19.3 Å². The van der Waals surface area contributed by atoms with E-state index in [9.17, 15) is 5.11 Å². The molecule has 0 amide bonds. The highest BCUT2D eigenvalue weighted by molar-refractivity contribution is 5.00. The van der Waals surface area contributed by atoms with Gasteiger partial charge in [0.15, 0.2) is 0 Å². The Balaban J connectivity index is 2.07. The summed E-state index contributed by atoms with van der Waals surface area (Å²) in [5.41, 5.74) is 5.03. The average Bonchev–Trinajstić information content (AvgIpc) is 1.86. The van der Waals surface area contributed by atoms with Gasteiger partial charge in [0.25, 0.3) is 0 Å². The summed E-state index contributed by atoms with van der Waals surface area (Å²) in [5, 5.41) is 9.86. The fraction of sp³-hybridized carbons (Fsp3) is 1.00. The van der Waals surface area contributed by atoms with Gasteiger partial charge in [-0.05, 0) is 37.5 Å². The normalized spacial score (nSPS) is 52.2. The third kappa shape index (κ3) is 0.722. The molecule has 2 bridgehead atoms. The zero-order valence-corrected chi connectivity index (χ0v) is 6.21. The minimum absolute atomic E-state index is 0.463. The van der Waals surface area contributed by atoms with Crippen LogP contribution < -0.4 is 5.73 Å². The number of nitrogens with two attached hydrogens (primary N) is 1. The molecule has 10 heavy (non-hydrogen) atoms. The number of hydrogen-bond donors (Lipinski definition) is 2. The van der Waals surface area contributed by atoms with Gasteiger partial charge in [0.1, 0.15) is 0 Å². The SMILES string of the molecule is NCC1(O)CCC2CC1C2. The fourth-order valence-electron chi connectivity index (χ4n) is 2.34. The molecule has 1 atom stereocenters. The third-order valence-corrected chi connectivity index (χ3v) is 3.33. The molecule has 0 heterocycles. The predicted molar refractivity (Wildman–Crippen MR) is 39.5 cm³/mol. The molecular weight excluding hydrogens is 126 g/mol. The van der Waals surface area contributed by atoms with Gasteiger partial charge in [0.2, 0.25) is 0 Å². The van der Waals surface area contributed by atoms with Crippen molar-refractivity contribution in [3.63, 3.8) is 0 Å². The molecule has 3 rings (SSSR count). The molecule has 0 aromatic heterocycles. The van der Waals surface area contributed by atoms with E-state index in [4.69, 9.17) is 5.73 Å². The topological polar surface area (TPSA) is 46.2 Å². The van der Waals surface area contributed by atoms with Crippen molar-refractivity contribution >= 4 is 0 Å². The molecule has 2 nitrogen and oxygen atoms in total. The van der Waals surface area contributed by atoms with Crippen molar-refractivity contribution in [2.75, 3.05) is 6.54 Å². The van der Waals surface area contributed by atoms with Crippen LogP contribution in [-0.2, 0) is 0 Å². The summed E-state index contributed by atoms with van der Waals surface area (Å²) in [6.07, 6.45) is 4.60. The maximum Gasteiger partial charge on any atom is 0.0797 e. The van der Waals surface area contributed by atoms with Crippen LogP contribution in [-0.4, -0.2) is 17.3 Å². The first kappa shape index (κ1) is 6.62. The number of hydrogen-bond acceptors (Lipinski definition) is 2. The van der Waals surface area contributed by atoms with Crippen LogP contribution in [0.5, 0.6) is 0 Å². The molecule has 1 unspecified atom stereocenters. The van der Waals surface area contributed by atoms with Crippen molar-refractivity contribution in [1.82, 2.24) is 0 Å². The second-order valence-electron chi connectivity index (χ2n) is 3.88. The van der Waals surface area contributed by atoms with Gasteiger partial charge in [-0.3, -0.25) is 0 Å². The molecule has 0 aromatic carbocycles. The number of rotatable bonds is 1. The Morgan fingerprint density at radius 1 is 1.50 bits per heavy atom. The number of aliphatic hydroxyl groups is 1. The average molecular weight is 141 g/mol. The van der Waals surface area contributed by atoms with E-state index in [2.05, 4.69) is 0 Å². The molecule has 3 fully saturated rings. The summed E-state index contributed by atoms with van der Waals surface area (Å²) < 4.78 is 0. The summed E-state index contributed by atoms with van der Waals surface area (Å²) in [7, 11) is 0. The first-order valence-electron chi connectivity index (χ1n) is 4.17. The first-order valence-corrected chi connectivity index (χ1v) is 4.17. The molecule has 0 saturated heterocycles. The van der Waals surface area contributed by atoms with E-state index in [1.807, 2.05) is 0 Å². The van der Waals surface area contributed by atoms with Gasteiger partial charge in [-0.2, -0.15) is 0 Å². The molecular formula is C8H15NO. The van der Waals surface area contributed by atoms with Gasteiger partial charge in [-0.25, -0.2) is 0 Å². The van der Waals surface area contributed by atoms with Gasteiger partial charge in [-0.1, -0.05) is 0 Å². The molecule has 2 heteroatoms. The Kier molecular flexibility index (Phi) is 1.29. The number of fused-ring (bicyclic) bond motifs is 2. The van der Waals surface area contributed by atoms with E-state index in [-0.39, 0.29) is 0 Å². The molecule has 0 spiro atoms. The zero-order chi connectivity index (χ0) is 7.19. The van der Waals surface area contributed by atoms with Crippen LogP contribution in [0.15, 0.2) is 0 Å². The Hall–Kier alpha value is -0.0800. The quantitative estimate of drug-likeness (QED) is 0.558. The minimum Gasteiger partial charge on any atom is -0.388 e. The Morgan fingerprint density at radius 3 is 2.50 bits per heavy atom. The maximum atomic E-state index is 9.86. The zero-order valence-electron chi connectivity index (χ0n) is 6.21. The van der Waals surface area contributed by atoms with E-state index < -0.39 is 5.60 Å². The van der Waals surface area contributed by atoms with Crippen molar-refractivity contribution in [2.24, 2.45) is 17.6 Å². The van der Waals surface area contributed by atoms with E-state index >= 15 is 0 Å². The van der Waals surface area contributed by atoms with Crippen LogP contribution in [0.1, 0.15) is 25.7 Å². The monoisotopic (exact) mass is 141 g/mol. The van der Waals surface area contributed by atoms with Crippen molar-refractivity contribution < 1.29 is 5.11 Å². The fourth-order valence-corrected chi connectivity index (χ4v) is 2.34. The lowest BCUT2D eigenvalue weighted by Gasteiger charge is -2.51. The molecule has 0 aliphatic heterocycles. The molecule has 3 N–H and O–H groups in total. The van der Waals surface area contributed by atoms with Crippen LogP contribution in [0.4, 0.5) is 0 Å². The minimum atomic E-state index is -0.477. The van der Waals surface area contributed by atoms with Crippen molar-refractivity contribution in [3.05, 3.63) is 0 Å². The molecule has 58 valence electrons. The highest BCUT2D eigenvalue weighted by Crippen LogP contribution is 2.50. The molecule has 0 aromatic rings. The van der Waals surface area contributed by atoms with E-state index in [0.29, 0.717) is 12.5 Å². The lowest BCUT2D eigenvalue weighted by atomic mass is 9.58. The summed E-state index contributed by atoms with van der Waals surface area (Å²) in [4.78, 5) is 0. The van der Waals surface area contributed by atoms with Gasteiger partial charge in [0, 0.05) is 6.54 Å². The molecule has 3 aliphatic rings. The third-order valence-electron chi connectivity index (χ3n) is 3.33.